The van der Waals surface area contributed by atoms with Crippen LogP contribution in [0.15, 0.2) is 64.9 Å². The molecule has 6 nitrogen and oxygen atoms in total. The average molecular weight is 467 g/mol. The molecule has 0 aliphatic rings. The average Bonchev–Trinajstić information content (AvgIpc) is 3.10. The van der Waals surface area contributed by atoms with Gasteiger partial charge in [0.25, 0.3) is 5.69 Å². The third-order valence-corrected chi connectivity index (χ3v) is 8.86. The van der Waals surface area contributed by atoms with E-state index in [0.717, 1.165) is 11.1 Å². The summed E-state index contributed by atoms with van der Waals surface area (Å²) in [5.74, 6) is 0.589. The third-order valence-electron chi connectivity index (χ3n) is 3.63. The van der Waals surface area contributed by atoms with Gasteiger partial charge in [0.2, 0.25) is 5.16 Å². The minimum atomic E-state index is -2.62. The fraction of sp³-hybridized carbons (Fsp3) is 0.211. The molecule has 3 rings (SSSR count). The molecule has 0 N–H and O–H groups in total. The molecule has 1 aromatic heterocycles. The molecular formula is C19H20ClN4O2PS2. The Bertz CT molecular complexity index is 1020. The van der Waals surface area contributed by atoms with Gasteiger partial charge in [0, 0.05) is 27.5 Å². The Kier molecular flexibility index (Phi) is 8.00. The molecule has 0 fully saturated rings. The molecule has 29 heavy (non-hydrogen) atoms. The van der Waals surface area contributed by atoms with Gasteiger partial charge in [0.05, 0.1) is 19.4 Å². The van der Waals surface area contributed by atoms with Crippen molar-refractivity contribution in [3.05, 3.63) is 65.2 Å². The minimum absolute atomic E-state index is 0.451. The van der Waals surface area contributed by atoms with Crippen molar-refractivity contribution in [3.63, 3.8) is 0 Å². The third kappa shape index (κ3) is 5.75. The van der Waals surface area contributed by atoms with Crippen LogP contribution in [0.2, 0.25) is 5.02 Å². The van der Waals surface area contributed by atoms with Crippen LogP contribution in [-0.2, 0) is 20.9 Å². The first-order valence-corrected chi connectivity index (χ1v) is 13.4. The van der Waals surface area contributed by atoms with E-state index in [2.05, 4.69) is 15.3 Å². The molecule has 0 unspecified atom stereocenters. The van der Waals surface area contributed by atoms with Crippen LogP contribution in [0.4, 0.5) is 0 Å². The Morgan fingerprint density at radius 2 is 1.72 bits per heavy atom. The smallest absolute Gasteiger partial charge is 0.255 e. The maximum Gasteiger partial charge on any atom is 0.255 e. The Hall–Kier alpha value is -1.54. The zero-order valence-electron chi connectivity index (χ0n) is 15.9. The second-order valence-corrected chi connectivity index (χ2v) is 12.1. The Balaban J connectivity index is 2.04. The standard InChI is InChI=1S/C19H20ClN4O2PS2/c1-3-25-27(28,26-4-2)29-19-23-22-18(15-10-6-5-7-11-15)24(19)21-14-16-12-8-9-13-17(16)20/h5-14H,3-4H2,1-2H3/b21-14+. The van der Waals surface area contributed by atoms with Crippen LogP contribution in [-0.4, -0.2) is 34.3 Å². The minimum Gasteiger partial charge on any atom is -0.322 e. The van der Waals surface area contributed by atoms with Crippen molar-refractivity contribution in [1.29, 1.82) is 0 Å². The molecule has 2 aromatic carbocycles. The zero-order chi connectivity index (χ0) is 20.7. The quantitative estimate of drug-likeness (QED) is 0.290. The summed E-state index contributed by atoms with van der Waals surface area (Å²) in [7, 11) is 0. The number of rotatable bonds is 9. The fourth-order valence-electron chi connectivity index (χ4n) is 2.40. The van der Waals surface area contributed by atoms with Crippen molar-refractivity contribution < 1.29 is 9.05 Å². The normalized spacial score (nSPS) is 12.0. The second kappa shape index (κ2) is 10.5. The van der Waals surface area contributed by atoms with Crippen LogP contribution in [0.25, 0.3) is 11.4 Å². The SMILES string of the molecule is CCOP(=S)(OCC)Sc1nnc(-c2ccccc2)n1/N=C/c1ccccc1Cl. The molecule has 1 heterocycles. The molecule has 0 radical (unpaired) electrons. The number of benzene rings is 2. The maximum absolute atomic E-state index is 6.26. The van der Waals surface area contributed by atoms with Crippen molar-refractivity contribution in [3.8, 4) is 11.4 Å². The molecule has 0 bridgehead atoms. The van der Waals surface area contributed by atoms with Gasteiger partial charge in [-0.1, -0.05) is 60.1 Å². The van der Waals surface area contributed by atoms with Gasteiger partial charge < -0.3 is 9.05 Å². The summed E-state index contributed by atoms with van der Waals surface area (Å²) in [6, 6.07) is 17.2. The number of aromatic nitrogens is 3. The van der Waals surface area contributed by atoms with Crippen molar-refractivity contribution in [2.24, 2.45) is 5.10 Å². The van der Waals surface area contributed by atoms with E-state index < -0.39 is 5.69 Å². The Morgan fingerprint density at radius 3 is 2.38 bits per heavy atom. The molecule has 0 saturated carbocycles. The Labute approximate surface area is 184 Å². The van der Waals surface area contributed by atoms with Crippen LogP contribution in [0.1, 0.15) is 19.4 Å². The molecule has 152 valence electrons. The molecule has 0 aliphatic heterocycles. The van der Waals surface area contributed by atoms with Gasteiger partial charge in [-0.05, 0) is 31.7 Å². The van der Waals surface area contributed by atoms with Gasteiger partial charge in [0.1, 0.15) is 0 Å². The van der Waals surface area contributed by atoms with Crippen molar-refractivity contribution >= 4 is 46.7 Å². The van der Waals surface area contributed by atoms with E-state index in [9.17, 15) is 0 Å². The van der Waals surface area contributed by atoms with E-state index in [4.69, 9.17) is 32.5 Å². The highest BCUT2D eigenvalue weighted by Crippen LogP contribution is 2.63. The van der Waals surface area contributed by atoms with Crippen LogP contribution in [0.5, 0.6) is 0 Å². The molecule has 0 atom stereocenters. The molecule has 0 aliphatic carbocycles. The lowest BCUT2D eigenvalue weighted by Crippen LogP contribution is -1.99. The van der Waals surface area contributed by atoms with Crippen LogP contribution >= 0.6 is 28.7 Å². The van der Waals surface area contributed by atoms with Crippen molar-refractivity contribution in [1.82, 2.24) is 14.9 Å². The summed E-state index contributed by atoms with van der Waals surface area (Å²) in [6.45, 7) is 4.67. The summed E-state index contributed by atoms with van der Waals surface area (Å²) < 4.78 is 13.1. The molecule has 0 amide bonds. The first-order chi connectivity index (χ1) is 14.1. The Morgan fingerprint density at radius 1 is 1.07 bits per heavy atom. The predicted octanol–water partition coefficient (Wildman–Crippen LogP) is 5.87. The highest BCUT2D eigenvalue weighted by molar-refractivity contribution is 8.67. The number of hydrogen-bond acceptors (Lipinski definition) is 7. The monoisotopic (exact) mass is 466 g/mol. The van der Waals surface area contributed by atoms with Crippen molar-refractivity contribution in [2.75, 3.05) is 13.2 Å². The predicted molar refractivity (Wildman–Crippen MR) is 123 cm³/mol. The topological polar surface area (TPSA) is 61.5 Å². The summed E-state index contributed by atoms with van der Waals surface area (Å²) in [4.78, 5) is 0. The van der Waals surface area contributed by atoms with Gasteiger partial charge in [0.15, 0.2) is 5.82 Å². The summed E-state index contributed by atoms with van der Waals surface area (Å²) in [6.07, 6.45) is 1.67. The van der Waals surface area contributed by atoms with Crippen LogP contribution < -0.4 is 0 Å². The first-order valence-electron chi connectivity index (χ1n) is 8.94. The molecule has 0 saturated heterocycles. The van der Waals surface area contributed by atoms with Crippen LogP contribution in [0.3, 0.4) is 0 Å². The second-order valence-electron chi connectivity index (χ2n) is 5.62. The van der Waals surface area contributed by atoms with Gasteiger partial charge in [-0.3, -0.25) is 0 Å². The van der Waals surface area contributed by atoms with E-state index in [1.807, 2.05) is 68.4 Å². The van der Waals surface area contributed by atoms with Gasteiger partial charge >= 0.3 is 0 Å². The summed E-state index contributed by atoms with van der Waals surface area (Å²) in [5, 5.41) is 14.3. The number of hydrogen-bond donors (Lipinski definition) is 0. The van der Waals surface area contributed by atoms with Gasteiger partial charge in [-0.15, -0.1) is 10.2 Å². The summed E-state index contributed by atoms with van der Waals surface area (Å²) in [5.41, 5.74) is -0.962. The van der Waals surface area contributed by atoms with E-state index in [1.165, 1.54) is 11.4 Å². The number of nitrogens with zero attached hydrogens (tertiary/aromatic N) is 4. The highest BCUT2D eigenvalue weighted by atomic mass is 35.5. The molecular weight excluding hydrogens is 447 g/mol. The van der Waals surface area contributed by atoms with Crippen molar-refractivity contribution in [2.45, 2.75) is 19.0 Å². The van der Waals surface area contributed by atoms with E-state index in [1.54, 1.807) is 10.9 Å². The van der Waals surface area contributed by atoms with Gasteiger partial charge in [-0.25, -0.2) is 0 Å². The van der Waals surface area contributed by atoms with E-state index >= 15 is 0 Å². The molecule has 10 heteroatoms. The maximum atomic E-state index is 6.26. The van der Waals surface area contributed by atoms with Crippen LogP contribution in [0, 0.1) is 0 Å². The zero-order valence-corrected chi connectivity index (χ0v) is 19.2. The fourth-order valence-corrected chi connectivity index (χ4v) is 7.01. The highest BCUT2D eigenvalue weighted by Gasteiger charge is 2.25. The molecule has 0 spiro atoms. The van der Waals surface area contributed by atoms with Gasteiger partial charge in [-0.2, -0.15) is 9.78 Å². The molecule has 3 aromatic rings. The first kappa shape index (κ1) is 22.2. The van der Waals surface area contributed by atoms with E-state index in [0.29, 0.717) is 29.2 Å². The lowest BCUT2D eigenvalue weighted by atomic mass is 10.2. The van der Waals surface area contributed by atoms with E-state index in [-0.39, 0.29) is 0 Å². The lowest BCUT2D eigenvalue weighted by Gasteiger charge is -2.18. The largest absolute Gasteiger partial charge is 0.322 e. The lowest BCUT2D eigenvalue weighted by molar-refractivity contribution is 0.280. The summed E-state index contributed by atoms with van der Waals surface area (Å²) >= 11 is 13.1. The number of halogens is 1.